The summed E-state index contributed by atoms with van der Waals surface area (Å²) in [5.41, 5.74) is 4.26. The Kier molecular flexibility index (Phi) is 5.40. The predicted molar refractivity (Wildman–Crippen MR) is 81.9 cm³/mol. The third-order valence-corrected chi connectivity index (χ3v) is 4.02. The lowest BCUT2D eigenvalue weighted by molar-refractivity contribution is 0.307. The molecule has 0 bridgehead atoms. The lowest BCUT2D eigenvalue weighted by atomic mass is 10.1. The van der Waals surface area contributed by atoms with Crippen LogP contribution in [0.5, 0.6) is 5.75 Å². The van der Waals surface area contributed by atoms with Gasteiger partial charge in [0.15, 0.2) is 0 Å². The molecule has 2 aromatic rings. The van der Waals surface area contributed by atoms with Gasteiger partial charge in [-0.3, -0.25) is 0 Å². The van der Waals surface area contributed by atoms with E-state index in [1.807, 2.05) is 11.6 Å². The Morgan fingerprint density at radius 1 is 1.16 bits per heavy atom. The monoisotopic (exact) mass is 275 g/mol. The van der Waals surface area contributed by atoms with E-state index in [0.29, 0.717) is 0 Å². The van der Waals surface area contributed by atoms with E-state index in [0.717, 1.165) is 30.9 Å². The standard InChI is InChI=1S/C16H21NOS/c1-3-5-8-11-18-15-10-7-6-9-13(15)16-14(4-2)17-12-19-16/h6-7,9-10,12H,3-5,8,11H2,1-2H3. The molecule has 0 N–H and O–H groups in total. The van der Waals surface area contributed by atoms with Crippen LogP contribution in [-0.2, 0) is 6.42 Å². The Hall–Kier alpha value is -1.35. The Morgan fingerprint density at radius 2 is 2.00 bits per heavy atom. The number of ether oxygens (including phenoxy) is 1. The Balaban J connectivity index is 2.16. The highest BCUT2D eigenvalue weighted by atomic mass is 32.1. The molecule has 3 heteroatoms. The van der Waals surface area contributed by atoms with E-state index in [-0.39, 0.29) is 0 Å². The van der Waals surface area contributed by atoms with Gasteiger partial charge in [0.1, 0.15) is 5.75 Å². The van der Waals surface area contributed by atoms with Crippen LogP contribution in [0.15, 0.2) is 29.8 Å². The minimum Gasteiger partial charge on any atom is -0.493 e. The van der Waals surface area contributed by atoms with Crippen LogP contribution in [-0.4, -0.2) is 11.6 Å². The number of para-hydroxylation sites is 1. The van der Waals surface area contributed by atoms with Gasteiger partial charge in [0.2, 0.25) is 0 Å². The van der Waals surface area contributed by atoms with Crippen molar-refractivity contribution in [2.24, 2.45) is 0 Å². The molecule has 2 rings (SSSR count). The summed E-state index contributed by atoms with van der Waals surface area (Å²) in [5, 5.41) is 0. The average Bonchev–Trinajstić information content (AvgIpc) is 2.92. The molecule has 1 aromatic carbocycles. The molecule has 0 saturated heterocycles. The van der Waals surface area contributed by atoms with Gasteiger partial charge in [0.05, 0.1) is 22.7 Å². The molecule has 1 aromatic heterocycles. The van der Waals surface area contributed by atoms with Crippen molar-refractivity contribution in [3.63, 3.8) is 0 Å². The zero-order valence-electron chi connectivity index (χ0n) is 11.7. The first-order valence-corrected chi connectivity index (χ1v) is 7.89. The third-order valence-electron chi connectivity index (χ3n) is 3.11. The molecule has 0 fully saturated rings. The summed E-state index contributed by atoms with van der Waals surface area (Å²) in [7, 11) is 0. The van der Waals surface area contributed by atoms with Crippen molar-refractivity contribution in [1.82, 2.24) is 4.98 Å². The molecule has 0 aliphatic heterocycles. The van der Waals surface area contributed by atoms with E-state index in [1.165, 1.54) is 23.3 Å². The van der Waals surface area contributed by atoms with E-state index in [4.69, 9.17) is 4.74 Å². The van der Waals surface area contributed by atoms with Crippen LogP contribution in [0.25, 0.3) is 10.4 Å². The molecule has 0 spiro atoms. The summed E-state index contributed by atoms with van der Waals surface area (Å²) in [6.07, 6.45) is 4.53. The molecule has 0 saturated carbocycles. The largest absolute Gasteiger partial charge is 0.493 e. The molecule has 1 heterocycles. The maximum absolute atomic E-state index is 5.94. The summed E-state index contributed by atoms with van der Waals surface area (Å²) in [6, 6.07) is 8.28. The second kappa shape index (κ2) is 7.29. The van der Waals surface area contributed by atoms with Crippen molar-refractivity contribution in [2.45, 2.75) is 39.5 Å². The normalized spacial score (nSPS) is 10.6. The Morgan fingerprint density at radius 3 is 2.79 bits per heavy atom. The van der Waals surface area contributed by atoms with Gasteiger partial charge < -0.3 is 4.74 Å². The number of unbranched alkanes of at least 4 members (excludes halogenated alkanes) is 2. The maximum atomic E-state index is 5.94. The minimum absolute atomic E-state index is 0.797. The SMILES string of the molecule is CCCCCOc1ccccc1-c1scnc1CC. The maximum Gasteiger partial charge on any atom is 0.127 e. The van der Waals surface area contributed by atoms with Crippen molar-refractivity contribution < 1.29 is 4.74 Å². The van der Waals surface area contributed by atoms with Gasteiger partial charge in [-0.2, -0.15) is 0 Å². The van der Waals surface area contributed by atoms with E-state index in [1.54, 1.807) is 11.3 Å². The van der Waals surface area contributed by atoms with Crippen LogP contribution in [0.2, 0.25) is 0 Å². The molecule has 0 radical (unpaired) electrons. The number of rotatable bonds is 7. The van der Waals surface area contributed by atoms with Crippen molar-refractivity contribution in [1.29, 1.82) is 0 Å². The van der Waals surface area contributed by atoms with Gasteiger partial charge in [-0.05, 0) is 25.0 Å². The van der Waals surface area contributed by atoms with Gasteiger partial charge in [0, 0.05) is 5.56 Å². The van der Waals surface area contributed by atoms with Crippen LogP contribution >= 0.6 is 11.3 Å². The number of aromatic nitrogens is 1. The topological polar surface area (TPSA) is 22.1 Å². The fourth-order valence-electron chi connectivity index (χ4n) is 2.05. The van der Waals surface area contributed by atoms with E-state index >= 15 is 0 Å². The van der Waals surface area contributed by atoms with Crippen molar-refractivity contribution in [3.8, 4) is 16.2 Å². The van der Waals surface area contributed by atoms with Crippen LogP contribution < -0.4 is 4.74 Å². The highest BCUT2D eigenvalue weighted by Crippen LogP contribution is 2.35. The summed E-state index contributed by atoms with van der Waals surface area (Å²) in [6.45, 7) is 5.15. The van der Waals surface area contributed by atoms with Crippen molar-refractivity contribution in [3.05, 3.63) is 35.5 Å². The second-order valence-electron chi connectivity index (χ2n) is 4.53. The minimum atomic E-state index is 0.797. The summed E-state index contributed by atoms with van der Waals surface area (Å²) in [5.74, 6) is 0.984. The molecule has 0 aliphatic rings. The zero-order valence-corrected chi connectivity index (χ0v) is 12.5. The molecule has 0 aliphatic carbocycles. The summed E-state index contributed by atoms with van der Waals surface area (Å²) >= 11 is 1.69. The fraction of sp³-hybridized carbons (Fsp3) is 0.438. The summed E-state index contributed by atoms with van der Waals surface area (Å²) in [4.78, 5) is 5.67. The number of hydrogen-bond acceptors (Lipinski definition) is 3. The molecule has 102 valence electrons. The van der Waals surface area contributed by atoms with Crippen LogP contribution in [0.3, 0.4) is 0 Å². The smallest absolute Gasteiger partial charge is 0.127 e. The molecular formula is C16H21NOS. The van der Waals surface area contributed by atoms with Gasteiger partial charge in [-0.25, -0.2) is 4.98 Å². The predicted octanol–water partition coefficient (Wildman–Crippen LogP) is 4.94. The van der Waals surface area contributed by atoms with Crippen molar-refractivity contribution in [2.75, 3.05) is 6.61 Å². The first kappa shape index (κ1) is 14.1. The number of benzene rings is 1. The highest BCUT2D eigenvalue weighted by Gasteiger charge is 2.11. The Labute approximate surface area is 119 Å². The van der Waals surface area contributed by atoms with Crippen LogP contribution in [0.4, 0.5) is 0 Å². The number of thiazole rings is 1. The third kappa shape index (κ3) is 3.57. The van der Waals surface area contributed by atoms with Gasteiger partial charge >= 0.3 is 0 Å². The van der Waals surface area contributed by atoms with Crippen LogP contribution in [0.1, 0.15) is 38.8 Å². The van der Waals surface area contributed by atoms with Gasteiger partial charge in [-0.15, -0.1) is 11.3 Å². The molecule has 0 amide bonds. The van der Waals surface area contributed by atoms with Gasteiger partial charge in [0.25, 0.3) is 0 Å². The first-order valence-electron chi connectivity index (χ1n) is 7.01. The first-order chi connectivity index (χ1) is 9.36. The Bertz CT molecular complexity index is 507. The second-order valence-corrected chi connectivity index (χ2v) is 5.39. The molecular weight excluding hydrogens is 254 g/mol. The fourth-order valence-corrected chi connectivity index (χ4v) is 2.97. The van der Waals surface area contributed by atoms with E-state index < -0.39 is 0 Å². The number of hydrogen-bond donors (Lipinski definition) is 0. The van der Waals surface area contributed by atoms with E-state index in [9.17, 15) is 0 Å². The number of nitrogens with zero attached hydrogens (tertiary/aromatic N) is 1. The molecule has 2 nitrogen and oxygen atoms in total. The quantitative estimate of drug-likeness (QED) is 0.668. The highest BCUT2D eigenvalue weighted by molar-refractivity contribution is 7.13. The summed E-state index contributed by atoms with van der Waals surface area (Å²) < 4.78 is 5.94. The lowest BCUT2D eigenvalue weighted by Gasteiger charge is -2.11. The molecule has 0 unspecified atom stereocenters. The molecule has 0 atom stereocenters. The van der Waals surface area contributed by atoms with E-state index in [2.05, 4.69) is 37.0 Å². The lowest BCUT2D eigenvalue weighted by Crippen LogP contribution is -1.98. The number of aryl methyl sites for hydroxylation is 1. The average molecular weight is 275 g/mol. The molecule has 19 heavy (non-hydrogen) atoms. The van der Waals surface area contributed by atoms with Crippen molar-refractivity contribution >= 4 is 11.3 Å². The van der Waals surface area contributed by atoms with Crippen LogP contribution in [0, 0.1) is 0 Å². The zero-order chi connectivity index (χ0) is 13.5. The van der Waals surface area contributed by atoms with Gasteiger partial charge in [-0.1, -0.05) is 38.8 Å².